The Balaban J connectivity index is 1.57. The van der Waals surface area contributed by atoms with E-state index in [0.717, 1.165) is 16.9 Å². The van der Waals surface area contributed by atoms with Gasteiger partial charge in [0.25, 0.3) is 5.91 Å². The van der Waals surface area contributed by atoms with Crippen LogP contribution in [0.15, 0.2) is 48.5 Å². The summed E-state index contributed by atoms with van der Waals surface area (Å²) in [5.74, 6) is 0.342. The summed E-state index contributed by atoms with van der Waals surface area (Å²) in [4.78, 5) is 12.0. The molecule has 0 aromatic heterocycles. The molecule has 1 aliphatic rings. The summed E-state index contributed by atoms with van der Waals surface area (Å²) in [6.07, 6.45) is 0.110. The van der Waals surface area contributed by atoms with Crippen molar-refractivity contribution in [3.05, 3.63) is 65.5 Å². The van der Waals surface area contributed by atoms with Gasteiger partial charge in [-0.2, -0.15) is 0 Å². The first-order chi connectivity index (χ1) is 9.72. The molecule has 1 amide bonds. The average molecular weight is 271 g/mol. The summed E-state index contributed by atoms with van der Waals surface area (Å²) in [6, 6.07) is 13.7. The van der Waals surface area contributed by atoms with Crippen LogP contribution in [0.4, 0.5) is 4.39 Å². The molecule has 1 heterocycles. The van der Waals surface area contributed by atoms with E-state index in [0.29, 0.717) is 13.0 Å². The Kier molecular flexibility index (Phi) is 3.37. The second kappa shape index (κ2) is 5.33. The van der Waals surface area contributed by atoms with Crippen molar-refractivity contribution in [3.63, 3.8) is 0 Å². The Hall–Kier alpha value is -2.36. The van der Waals surface area contributed by atoms with E-state index in [9.17, 15) is 9.18 Å². The zero-order valence-corrected chi connectivity index (χ0v) is 10.8. The van der Waals surface area contributed by atoms with Crippen LogP contribution < -0.4 is 10.1 Å². The van der Waals surface area contributed by atoms with E-state index < -0.39 is 6.10 Å². The normalized spacial score (nSPS) is 16.4. The van der Waals surface area contributed by atoms with Crippen molar-refractivity contribution in [2.75, 3.05) is 0 Å². The van der Waals surface area contributed by atoms with Crippen LogP contribution in [-0.2, 0) is 17.8 Å². The zero-order chi connectivity index (χ0) is 13.9. The molecule has 2 aromatic rings. The molecule has 2 aromatic carbocycles. The number of rotatable bonds is 3. The predicted octanol–water partition coefficient (Wildman–Crippen LogP) is 2.45. The molecule has 102 valence electrons. The second-order valence-electron chi connectivity index (χ2n) is 4.76. The van der Waals surface area contributed by atoms with Gasteiger partial charge in [-0.05, 0) is 29.3 Å². The van der Waals surface area contributed by atoms with Crippen molar-refractivity contribution in [3.8, 4) is 5.75 Å². The molecular weight excluding hydrogens is 257 g/mol. The Labute approximate surface area is 116 Å². The highest BCUT2D eigenvalue weighted by atomic mass is 19.1. The molecule has 0 saturated carbocycles. The molecule has 0 bridgehead atoms. The van der Waals surface area contributed by atoms with Gasteiger partial charge in [-0.25, -0.2) is 4.39 Å². The van der Waals surface area contributed by atoms with Gasteiger partial charge < -0.3 is 10.1 Å². The number of carbonyl (C=O) groups excluding carboxylic acids is 1. The minimum absolute atomic E-state index is 0.148. The van der Waals surface area contributed by atoms with Crippen molar-refractivity contribution in [1.82, 2.24) is 5.32 Å². The number of hydrogen-bond donors (Lipinski definition) is 1. The molecule has 3 nitrogen and oxygen atoms in total. The number of benzene rings is 2. The Bertz CT molecular complexity index is 600. The van der Waals surface area contributed by atoms with Crippen LogP contribution in [0.1, 0.15) is 11.1 Å². The van der Waals surface area contributed by atoms with Crippen molar-refractivity contribution in [2.24, 2.45) is 0 Å². The summed E-state index contributed by atoms with van der Waals surface area (Å²) < 4.78 is 18.4. The van der Waals surface area contributed by atoms with Crippen LogP contribution in [0.25, 0.3) is 0 Å². The highest BCUT2D eigenvalue weighted by Gasteiger charge is 2.28. The lowest BCUT2D eigenvalue weighted by Gasteiger charge is -2.11. The van der Waals surface area contributed by atoms with E-state index in [1.54, 1.807) is 12.1 Å². The fourth-order valence-corrected chi connectivity index (χ4v) is 2.23. The van der Waals surface area contributed by atoms with Crippen molar-refractivity contribution in [1.29, 1.82) is 0 Å². The van der Waals surface area contributed by atoms with Crippen LogP contribution in [-0.4, -0.2) is 12.0 Å². The van der Waals surface area contributed by atoms with E-state index in [2.05, 4.69) is 5.32 Å². The van der Waals surface area contributed by atoms with Crippen LogP contribution >= 0.6 is 0 Å². The maximum atomic E-state index is 12.8. The van der Waals surface area contributed by atoms with E-state index in [-0.39, 0.29) is 11.7 Å². The van der Waals surface area contributed by atoms with Gasteiger partial charge in [0, 0.05) is 13.0 Å². The molecule has 0 fully saturated rings. The number of carbonyl (C=O) groups is 1. The molecule has 0 aliphatic carbocycles. The smallest absolute Gasteiger partial charge is 0.261 e. The topological polar surface area (TPSA) is 38.3 Å². The molecule has 1 atom stereocenters. The van der Waals surface area contributed by atoms with Gasteiger partial charge in [0.2, 0.25) is 0 Å². The lowest BCUT2D eigenvalue weighted by Crippen LogP contribution is -2.37. The predicted molar refractivity (Wildman–Crippen MR) is 72.8 cm³/mol. The summed E-state index contributed by atoms with van der Waals surface area (Å²) in [7, 11) is 0. The van der Waals surface area contributed by atoms with Crippen molar-refractivity contribution < 1.29 is 13.9 Å². The fourth-order valence-electron chi connectivity index (χ4n) is 2.23. The van der Waals surface area contributed by atoms with Crippen LogP contribution in [0, 0.1) is 5.82 Å². The SMILES string of the molecule is O=C(NCc1ccc(F)cc1)[C@@H]1Cc2ccccc2O1. The number of amides is 1. The molecule has 0 unspecified atom stereocenters. The fraction of sp³-hybridized carbons (Fsp3) is 0.188. The molecule has 4 heteroatoms. The van der Waals surface area contributed by atoms with E-state index in [1.165, 1.54) is 12.1 Å². The Morgan fingerprint density at radius 3 is 2.70 bits per heavy atom. The lowest BCUT2D eigenvalue weighted by atomic mass is 10.1. The standard InChI is InChI=1S/C16H14FNO2/c17-13-7-5-11(6-8-13)10-18-16(19)15-9-12-3-1-2-4-14(12)20-15/h1-8,15H,9-10H2,(H,18,19)/t15-/m0/s1. The van der Waals surface area contributed by atoms with E-state index in [4.69, 9.17) is 4.74 Å². The van der Waals surface area contributed by atoms with Gasteiger partial charge in [-0.1, -0.05) is 30.3 Å². The molecule has 3 rings (SSSR count). The van der Waals surface area contributed by atoms with Crippen LogP contribution in [0.5, 0.6) is 5.75 Å². The van der Waals surface area contributed by atoms with Crippen LogP contribution in [0.2, 0.25) is 0 Å². The average Bonchev–Trinajstić information content (AvgIpc) is 2.90. The number of para-hydroxylation sites is 1. The number of ether oxygens (including phenoxy) is 1. The first-order valence-corrected chi connectivity index (χ1v) is 6.49. The molecule has 1 aliphatic heterocycles. The van der Waals surface area contributed by atoms with Gasteiger partial charge >= 0.3 is 0 Å². The minimum atomic E-state index is -0.479. The van der Waals surface area contributed by atoms with Crippen molar-refractivity contribution in [2.45, 2.75) is 19.1 Å². The summed E-state index contributed by atoms with van der Waals surface area (Å²) in [5.41, 5.74) is 1.91. The molecule has 0 radical (unpaired) electrons. The Morgan fingerprint density at radius 1 is 1.20 bits per heavy atom. The maximum Gasteiger partial charge on any atom is 0.261 e. The third kappa shape index (κ3) is 2.64. The maximum absolute atomic E-state index is 12.8. The number of halogens is 1. The first-order valence-electron chi connectivity index (χ1n) is 6.49. The monoisotopic (exact) mass is 271 g/mol. The summed E-state index contributed by atoms with van der Waals surface area (Å²) in [6.45, 7) is 0.370. The Morgan fingerprint density at radius 2 is 1.95 bits per heavy atom. The molecule has 0 saturated heterocycles. The van der Waals surface area contributed by atoms with Gasteiger partial charge in [-0.15, -0.1) is 0 Å². The second-order valence-corrected chi connectivity index (χ2v) is 4.76. The number of fused-ring (bicyclic) bond motifs is 1. The van der Waals surface area contributed by atoms with Crippen LogP contribution in [0.3, 0.4) is 0 Å². The molecule has 0 spiro atoms. The van der Waals surface area contributed by atoms with E-state index >= 15 is 0 Å². The highest BCUT2D eigenvalue weighted by Crippen LogP contribution is 2.28. The van der Waals surface area contributed by atoms with Crippen molar-refractivity contribution >= 4 is 5.91 Å². The third-order valence-electron chi connectivity index (χ3n) is 3.32. The van der Waals surface area contributed by atoms with Gasteiger partial charge in [0.15, 0.2) is 6.10 Å². The quantitative estimate of drug-likeness (QED) is 0.931. The van der Waals surface area contributed by atoms with E-state index in [1.807, 2.05) is 24.3 Å². The first kappa shape index (κ1) is 12.7. The zero-order valence-electron chi connectivity index (χ0n) is 10.8. The van der Waals surface area contributed by atoms with Gasteiger partial charge in [0.1, 0.15) is 11.6 Å². The summed E-state index contributed by atoms with van der Waals surface area (Å²) in [5, 5.41) is 2.81. The third-order valence-corrected chi connectivity index (χ3v) is 3.32. The lowest BCUT2D eigenvalue weighted by molar-refractivity contribution is -0.127. The van der Waals surface area contributed by atoms with Gasteiger partial charge in [0.05, 0.1) is 0 Å². The van der Waals surface area contributed by atoms with Gasteiger partial charge in [-0.3, -0.25) is 4.79 Å². The summed E-state index contributed by atoms with van der Waals surface area (Å²) >= 11 is 0. The molecule has 20 heavy (non-hydrogen) atoms. The molecular formula is C16H14FNO2. The highest BCUT2D eigenvalue weighted by molar-refractivity contribution is 5.82. The molecule has 1 N–H and O–H groups in total. The number of nitrogens with one attached hydrogen (secondary N) is 1. The minimum Gasteiger partial charge on any atom is -0.480 e. The number of hydrogen-bond acceptors (Lipinski definition) is 2. The largest absolute Gasteiger partial charge is 0.480 e.